The third kappa shape index (κ3) is 2.60. The van der Waals surface area contributed by atoms with Gasteiger partial charge in [-0.3, -0.25) is 0 Å². The summed E-state index contributed by atoms with van der Waals surface area (Å²) in [4.78, 5) is 4.36. The van der Waals surface area contributed by atoms with Crippen LogP contribution in [0.4, 0.5) is 5.82 Å². The van der Waals surface area contributed by atoms with E-state index in [2.05, 4.69) is 15.4 Å². The van der Waals surface area contributed by atoms with E-state index < -0.39 is 6.10 Å². The Kier molecular flexibility index (Phi) is 3.64. The highest BCUT2D eigenvalue weighted by Gasteiger charge is 2.13. The van der Waals surface area contributed by atoms with Crippen molar-refractivity contribution in [1.82, 2.24) is 14.6 Å². The second-order valence-corrected chi connectivity index (χ2v) is 5.55. The minimum Gasteiger partial charge on any atom is -0.454 e. The van der Waals surface area contributed by atoms with Crippen molar-refractivity contribution < 1.29 is 9.52 Å². The molecule has 3 aromatic heterocycles. The SMILES string of the molecule is NCC(O)CNc1ccc2ncc(-c3cc4ccccc4o3)n2n1. The van der Waals surface area contributed by atoms with E-state index in [0.717, 1.165) is 22.3 Å². The standard InChI is InChI=1S/C17H17N5O2/c18-8-12(23)9-19-16-5-6-17-20-10-13(22(17)21-16)15-7-11-3-1-2-4-14(11)24-15/h1-7,10,12,23H,8-9,18H2,(H,19,21). The fourth-order valence-electron chi connectivity index (χ4n) is 2.55. The summed E-state index contributed by atoms with van der Waals surface area (Å²) in [5.41, 5.74) is 7.72. The molecule has 1 aromatic carbocycles. The zero-order valence-corrected chi connectivity index (χ0v) is 12.9. The Morgan fingerprint density at radius 3 is 2.96 bits per heavy atom. The maximum absolute atomic E-state index is 9.56. The van der Waals surface area contributed by atoms with Crippen LogP contribution in [0.5, 0.6) is 0 Å². The van der Waals surface area contributed by atoms with E-state index >= 15 is 0 Å². The largest absolute Gasteiger partial charge is 0.454 e. The van der Waals surface area contributed by atoms with Crippen molar-refractivity contribution in [3.63, 3.8) is 0 Å². The number of hydrogen-bond acceptors (Lipinski definition) is 6. The first-order chi connectivity index (χ1) is 11.7. The maximum Gasteiger partial charge on any atom is 0.155 e. The molecule has 0 aliphatic carbocycles. The Balaban J connectivity index is 1.72. The predicted molar refractivity (Wildman–Crippen MR) is 91.7 cm³/mol. The van der Waals surface area contributed by atoms with Crippen LogP contribution < -0.4 is 11.1 Å². The van der Waals surface area contributed by atoms with Gasteiger partial charge in [-0.1, -0.05) is 18.2 Å². The van der Waals surface area contributed by atoms with Crippen LogP contribution in [0.3, 0.4) is 0 Å². The van der Waals surface area contributed by atoms with Gasteiger partial charge in [-0.25, -0.2) is 9.50 Å². The molecule has 4 N–H and O–H groups in total. The van der Waals surface area contributed by atoms with Crippen LogP contribution >= 0.6 is 0 Å². The summed E-state index contributed by atoms with van der Waals surface area (Å²) >= 11 is 0. The van der Waals surface area contributed by atoms with Gasteiger partial charge in [0.2, 0.25) is 0 Å². The Bertz CT molecular complexity index is 958. The topological polar surface area (TPSA) is 102 Å². The van der Waals surface area contributed by atoms with E-state index in [0.29, 0.717) is 18.1 Å². The lowest BCUT2D eigenvalue weighted by Crippen LogP contribution is -2.28. The number of nitrogens with one attached hydrogen (secondary N) is 1. The predicted octanol–water partition coefficient (Wildman–Crippen LogP) is 1.87. The molecule has 7 nitrogen and oxygen atoms in total. The molecule has 122 valence electrons. The van der Waals surface area contributed by atoms with Crippen LogP contribution in [0, 0.1) is 0 Å². The number of aromatic nitrogens is 3. The molecular formula is C17H17N5O2. The zero-order valence-electron chi connectivity index (χ0n) is 12.9. The molecule has 0 bridgehead atoms. The highest BCUT2D eigenvalue weighted by Crippen LogP contribution is 2.28. The smallest absolute Gasteiger partial charge is 0.155 e. The lowest BCUT2D eigenvalue weighted by Gasteiger charge is -2.10. The molecule has 4 aromatic rings. The molecule has 4 rings (SSSR count). The summed E-state index contributed by atoms with van der Waals surface area (Å²) in [6.45, 7) is 0.536. The molecule has 0 saturated heterocycles. The van der Waals surface area contributed by atoms with Gasteiger partial charge in [0.25, 0.3) is 0 Å². The number of aliphatic hydroxyl groups is 1. The Labute approximate surface area is 137 Å². The molecule has 24 heavy (non-hydrogen) atoms. The fourth-order valence-corrected chi connectivity index (χ4v) is 2.55. The van der Waals surface area contributed by atoms with Gasteiger partial charge in [0.15, 0.2) is 11.4 Å². The third-order valence-electron chi connectivity index (χ3n) is 3.83. The monoisotopic (exact) mass is 323 g/mol. The molecule has 0 fully saturated rings. The maximum atomic E-state index is 9.56. The fraction of sp³-hybridized carbons (Fsp3) is 0.176. The van der Waals surface area contributed by atoms with E-state index in [1.165, 1.54) is 0 Å². The number of anilines is 1. The summed E-state index contributed by atoms with van der Waals surface area (Å²) in [6.07, 6.45) is 1.12. The number of nitrogens with two attached hydrogens (primary N) is 1. The van der Waals surface area contributed by atoms with Crippen molar-refractivity contribution in [2.45, 2.75) is 6.10 Å². The van der Waals surface area contributed by atoms with Gasteiger partial charge in [-0.05, 0) is 24.3 Å². The minimum absolute atomic E-state index is 0.199. The van der Waals surface area contributed by atoms with E-state index in [1.807, 2.05) is 42.5 Å². The highest BCUT2D eigenvalue weighted by atomic mass is 16.3. The number of furan rings is 1. The average molecular weight is 323 g/mol. The van der Waals surface area contributed by atoms with Gasteiger partial charge in [-0.2, -0.15) is 0 Å². The Hall–Kier alpha value is -2.90. The van der Waals surface area contributed by atoms with Crippen LogP contribution in [-0.4, -0.2) is 38.9 Å². The van der Waals surface area contributed by atoms with Crippen LogP contribution in [0.2, 0.25) is 0 Å². The number of hydrogen-bond donors (Lipinski definition) is 3. The number of nitrogens with zero attached hydrogens (tertiary/aromatic N) is 3. The van der Waals surface area contributed by atoms with Gasteiger partial charge >= 0.3 is 0 Å². The molecule has 3 heterocycles. The van der Waals surface area contributed by atoms with Gasteiger partial charge in [0.05, 0.1) is 12.3 Å². The van der Waals surface area contributed by atoms with Crippen molar-refractivity contribution >= 4 is 22.4 Å². The number of imidazole rings is 1. The van der Waals surface area contributed by atoms with E-state index in [-0.39, 0.29) is 6.54 Å². The minimum atomic E-state index is -0.611. The summed E-state index contributed by atoms with van der Waals surface area (Å²) in [5, 5.41) is 18.2. The molecule has 1 unspecified atom stereocenters. The number of fused-ring (bicyclic) bond motifs is 2. The Morgan fingerprint density at radius 2 is 2.12 bits per heavy atom. The normalized spacial score (nSPS) is 12.8. The lowest BCUT2D eigenvalue weighted by atomic mass is 10.2. The van der Waals surface area contributed by atoms with Crippen LogP contribution in [0.25, 0.3) is 28.1 Å². The average Bonchev–Trinajstić information content (AvgIpc) is 3.22. The zero-order chi connectivity index (χ0) is 16.5. The lowest BCUT2D eigenvalue weighted by molar-refractivity contribution is 0.196. The first-order valence-electron chi connectivity index (χ1n) is 7.70. The number of aliphatic hydroxyl groups excluding tert-OH is 1. The van der Waals surface area contributed by atoms with Gasteiger partial charge < -0.3 is 20.6 Å². The number of rotatable bonds is 5. The molecule has 0 aliphatic heterocycles. The van der Waals surface area contributed by atoms with Crippen molar-refractivity contribution in [1.29, 1.82) is 0 Å². The van der Waals surface area contributed by atoms with Crippen molar-refractivity contribution in [2.24, 2.45) is 5.73 Å². The van der Waals surface area contributed by atoms with Gasteiger partial charge in [-0.15, -0.1) is 5.10 Å². The number of para-hydroxylation sites is 1. The quantitative estimate of drug-likeness (QED) is 0.518. The molecule has 7 heteroatoms. The number of benzene rings is 1. The van der Waals surface area contributed by atoms with Crippen molar-refractivity contribution in [2.75, 3.05) is 18.4 Å². The summed E-state index contributed by atoms with van der Waals surface area (Å²) in [6, 6.07) is 13.5. The molecule has 0 spiro atoms. The van der Waals surface area contributed by atoms with Crippen LogP contribution in [0.1, 0.15) is 0 Å². The van der Waals surface area contributed by atoms with Gasteiger partial charge in [0, 0.05) is 18.5 Å². The first-order valence-corrected chi connectivity index (χ1v) is 7.70. The van der Waals surface area contributed by atoms with E-state index in [4.69, 9.17) is 10.2 Å². The molecule has 0 radical (unpaired) electrons. The molecule has 0 aliphatic rings. The molecule has 0 saturated carbocycles. The third-order valence-corrected chi connectivity index (χ3v) is 3.83. The molecule has 1 atom stereocenters. The first kappa shape index (κ1) is 14.7. The van der Waals surface area contributed by atoms with Crippen molar-refractivity contribution in [3.05, 3.63) is 48.7 Å². The van der Waals surface area contributed by atoms with Crippen molar-refractivity contribution in [3.8, 4) is 11.5 Å². The summed E-state index contributed by atoms with van der Waals surface area (Å²) in [5.74, 6) is 1.33. The summed E-state index contributed by atoms with van der Waals surface area (Å²) < 4.78 is 7.62. The summed E-state index contributed by atoms with van der Waals surface area (Å²) in [7, 11) is 0. The molecule has 0 amide bonds. The highest BCUT2D eigenvalue weighted by molar-refractivity contribution is 5.82. The van der Waals surface area contributed by atoms with Gasteiger partial charge in [0.1, 0.15) is 17.1 Å². The second kappa shape index (κ2) is 5.95. The van der Waals surface area contributed by atoms with Crippen LogP contribution in [-0.2, 0) is 0 Å². The molecular weight excluding hydrogens is 306 g/mol. The van der Waals surface area contributed by atoms with E-state index in [9.17, 15) is 5.11 Å². The second-order valence-electron chi connectivity index (χ2n) is 5.55. The van der Waals surface area contributed by atoms with Crippen LogP contribution in [0.15, 0.2) is 53.1 Å². The van der Waals surface area contributed by atoms with E-state index in [1.54, 1.807) is 10.7 Å². The Morgan fingerprint density at radius 1 is 1.25 bits per heavy atom.